The van der Waals surface area contributed by atoms with Crippen LogP contribution in [-0.4, -0.2) is 61.9 Å². The summed E-state index contributed by atoms with van der Waals surface area (Å²) < 4.78 is 0. The number of aromatic amines is 1. The summed E-state index contributed by atoms with van der Waals surface area (Å²) in [6, 6.07) is 5.59. The van der Waals surface area contributed by atoms with Crippen molar-refractivity contribution in [3.05, 3.63) is 29.3 Å². The van der Waals surface area contributed by atoms with E-state index in [-0.39, 0.29) is 28.8 Å². The molecule has 0 unspecified atom stereocenters. The number of hydrogen-bond acceptors (Lipinski definition) is 6. The first-order valence-corrected chi connectivity index (χ1v) is 9.87. The van der Waals surface area contributed by atoms with Crippen LogP contribution in [0.1, 0.15) is 23.3 Å². The fourth-order valence-electron chi connectivity index (χ4n) is 3.20. The molecule has 0 saturated carbocycles. The van der Waals surface area contributed by atoms with Gasteiger partial charge < -0.3 is 4.90 Å². The third-order valence-electron chi connectivity index (χ3n) is 4.48. The number of likely N-dealkylation sites (tertiary alicyclic amines) is 1. The molecule has 7 nitrogen and oxygen atoms in total. The van der Waals surface area contributed by atoms with E-state index in [1.807, 2.05) is 17.5 Å². The van der Waals surface area contributed by atoms with Gasteiger partial charge in [0.05, 0.1) is 16.3 Å². The second-order valence-electron chi connectivity index (χ2n) is 5.99. The lowest BCUT2D eigenvalue weighted by atomic mass is 10.0. The number of hydrogen-bond donors (Lipinski definition) is 1. The molecule has 4 heterocycles. The van der Waals surface area contributed by atoms with Gasteiger partial charge in [0.15, 0.2) is 5.69 Å². The Balaban J connectivity index is 1.40. The predicted octanol–water partition coefficient (Wildman–Crippen LogP) is 2.44. The average Bonchev–Trinajstić information content (AvgIpc) is 3.35. The van der Waals surface area contributed by atoms with Crippen LogP contribution in [0.5, 0.6) is 0 Å². The molecule has 0 atom stereocenters. The minimum absolute atomic E-state index is 0.0973. The zero-order valence-corrected chi connectivity index (χ0v) is 14.9. The molecule has 1 N–H and O–H groups in total. The number of rotatable bonds is 3. The normalized spacial score (nSPS) is 19.0. The molecule has 4 rings (SSSR count). The number of piperidine rings is 1. The number of amides is 3. The van der Waals surface area contributed by atoms with Gasteiger partial charge in [0.2, 0.25) is 5.91 Å². The second kappa shape index (κ2) is 6.64. The largest absolute Gasteiger partial charge is 0.337 e. The average molecular weight is 376 g/mol. The molecule has 2 aromatic heterocycles. The Labute approximate surface area is 152 Å². The van der Waals surface area contributed by atoms with Crippen LogP contribution < -0.4 is 0 Å². The van der Waals surface area contributed by atoms with E-state index < -0.39 is 0 Å². The number of carbonyl (C=O) groups excluding carboxylic acids is 3. The quantitative estimate of drug-likeness (QED) is 0.889. The molecule has 130 valence electrons. The van der Waals surface area contributed by atoms with Crippen molar-refractivity contribution in [3.63, 3.8) is 0 Å². The van der Waals surface area contributed by atoms with Crippen LogP contribution in [0.15, 0.2) is 23.6 Å². The summed E-state index contributed by atoms with van der Waals surface area (Å²) in [5.74, 6) is -0.00450. The number of carbonyl (C=O) groups is 3. The van der Waals surface area contributed by atoms with Crippen molar-refractivity contribution in [3.8, 4) is 10.6 Å². The minimum Gasteiger partial charge on any atom is -0.337 e. The summed E-state index contributed by atoms with van der Waals surface area (Å²) in [4.78, 5) is 40.4. The van der Waals surface area contributed by atoms with Crippen LogP contribution in [0.4, 0.5) is 4.79 Å². The number of nitrogens with one attached hydrogen (secondary N) is 1. The Morgan fingerprint density at radius 3 is 2.72 bits per heavy atom. The van der Waals surface area contributed by atoms with Crippen molar-refractivity contribution < 1.29 is 14.4 Å². The number of thiophene rings is 1. The Kier molecular flexibility index (Phi) is 4.34. The SMILES string of the molecule is O=C(c1cc(-c2cccs2)[nH]n1)N1CCC(N2C(=O)CSC2=O)CC1. The monoisotopic (exact) mass is 376 g/mol. The standard InChI is InChI=1S/C16H16N4O3S2/c21-14-9-25-16(23)20(14)10-3-5-19(6-4-10)15(22)12-8-11(17-18-12)13-2-1-7-24-13/h1-2,7-8,10H,3-6,9H2,(H,17,18). The van der Waals surface area contributed by atoms with Crippen LogP contribution in [0.25, 0.3) is 10.6 Å². The molecule has 0 radical (unpaired) electrons. The molecule has 0 aromatic carbocycles. The smallest absolute Gasteiger partial charge is 0.289 e. The van der Waals surface area contributed by atoms with E-state index >= 15 is 0 Å². The van der Waals surface area contributed by atoms with Crippen molar-refractivity contribution >= 4 is 40.2 Å². The summed E-state index contributed by atoms with van der Waals surface area (Å²) in [5.41, 5.74) is 1.23. The fraction of sp³-hybridized carbons (Fsp3) is 0.375. The van der Waals surface area contributed by atoms with E-state index in [0.29, 0.717) is 31.6 Å². The second-order valence-corrected chi connectivity index (χ2v) is 7.86. The van der Waals surface area contributed by atoms with E-state index in [9.17, 15) is 14.4 Å². The fourth-order valence-corrected chi connectivity index (χ4v) is 4.66. The Morgan fingerprint density at radius 1 is 1.28 bits per heavy atom. The summed E-state index contributed by atoms with van der Waals surface area (Å²) in [7, 11) is 0. The molecule has 3 amide bonds. The van der Waals surface area contributed by atoms with Gasteiger partial charge in [-0.25, -0.2) is 0 Å². The van der Waals surface area contributed by atoms with Crippen molar-refractivity contribution in [2.24, 2.45) is 0 Å². The van der Waals surface area contributed by atoms with E-state index in [4.69, 9.17) is 0 Å². The van der Waals surface area contributed by atoms with E-state index in [2.05, 4.69) is 10.2 Å². The van der Waals surface area contributed by atoms with Crippen molar-refractivity contribution in [1.82, 2.24) is 20.0 Å². The molecule has 2 aromatic rings. The summed E-state index contributed by atoms with van der Waals surface area (Å²) >= 11 is 2.64. The van der Waals surface area contributed by atoms with Gasteiger partial charge in [-0.2, -0.15) is 5.10 Å². The Morgan fingerprint density at radius 2 is 2.08 bits per heavy atom. The molecule has 0 spiro atoms. The Bertz CT molecular complexity index is 793. The molecule has 2 aliphatic rings. The molecular weight excluding hydrogens is 360 g/mol. The molecule has 2 saturated heterocycles. The lowest BCUT2D eigenvalue weighted by Gasteiger charge is -2.35. The van der Waals surface area contributed by atoms with Gasteiger partial charge >= 0.3 is 0 Å². The lowest BCUT2D eigenvalue weighted by molar-refractivity contribution is -0.126. The minimum atomic E-state index is -0.164. The highest BCUT2D eigenvalue weighted by atomic mass is 32.2. The highest BCUT2D eigenvalue weighted by molar-refractivity contribution is 8.14. The van der Waals surface area contributed by atoms with E-state index in [1.54, 1.807) is 22.3 Å². The van der Waals surface area contributed by atoms with E-state index in [1.165, 1.54) is 4.90 Å². The van der Waals surface area contributed by atoms with E-state index in [0.717, 1.165) is 22.3 Å². The molecule has 25 heavy (non-hydrogen) atoms. The highest BCUT2D eigenvalue weighted by Crippen LogP contribution is 2.28. The molecule has 2 aliphatic heterocycles. The van der Waals surface area contributed by atoms with Crippen molar-refractivity contribution in [2.75, 3.05) is 18.8 Å². The Hall–Kier alpha value is -2.13. The first-order chi connectivity index (χ1) is 12.1. The van der Waals surface area contributed by atoms with Crippen LogP contribution in [0.2, 0.25) is 0 Å². The highest BCUT2D eigenvalue weighted by Gasteiger charge is 2.38. The topological polar surface area (TPSA) is 86.4 Å². The number of H-pyrrole nitrogens is 1. The molecular formula is C16H16N4O3S2. The van der Waals surface area contributed by atoms with Crippen molar-refractivity contribution in [1.29, 1.82) is 0 Å². The maximum atomic E-state index is 12.6. The van der Waals surface area contributed by atoms with Crippen LogP contribution in [0.3, 0.4) is 0 Å². The summed E-state index contributed by atoms with van der Waals surface area (Å²) in [6.07, 6.45) is 1.23. The summed E-state index contributed by atoms with van der Waals surface area (Å²) in [5, 5.41) is 8.85. The maximum Gasteiger partial charge on any atom is 0.289 e. The van der Waals surface area contributed by atoms with Gasteiger partial charge in [-0.05, 0) is 30.4 Å². The lowest BCUT2D eigenvalue weighted by Crippen LogP contribution is -2.48. The number of imide groups is 1. The van der Waals surface area contributed by atoms with Crippen LogP contribution >= 0.6 is 23.1 Å². The van der Waals surface area contributed by atoms with Gasteiger partial charge in [0, 0.05) is 19.1 Å². The van der Waals surface area contributed by atoms with Crippen molar-refractivity contribution in [2.45, 2.75) is 18.9 Å². The molecule has 0 bridgehead atoms. The first kappa shape index (κ1) is 16.3. The number of aromatic nitrogens is 2. The molecule has 9 heteroatoms. The van der Waals surface area contributed by atoms with Crippen LogP contribution in [0, 0.1) is 0 Å². The van der Waals surface area contributed by atoms with Gasteiger partial charge in [-0.3, -0.25) is 24.4 Å². The van der Waals surface area contributed by atoms with Gasteiger partial charge in [-0.1, -0.05) is 17.8 Å². The number of nitrogens with zero attached hydrogens (tertiary/aromatic N) is 3. The van der Waals surface area contributed by atoms with Gasteiger partial charge in [-0.15, -0.1) is 11.3 Å². The molecule has 2 fully saturated rings. The molecule has 0 aliphatic carbocycles. The summed E-state index contributed by atoms with van der Waals surface area (Å²) in [6.45, 7) is 1.04. The first-order valence-electron chi connectivity index (χ1n) is 8.01. The van der Waals surface area contributed by atoms with Gasteiger partial charge in [0.1, 0.15) is 0 Å². The zero-order chi connectivity index (χ0) is 17.4. The number of thioether (sulfide) groups is 1. The third-order valence-corrected chi connectivity index (χ3v) is 6.22. The predicted molar refractivity (Wildman–Crippen MR) is 95.5 cm³/mol. The van der Waals surface area contributed by atoms with Crippen LogP contribution in [-0.2, 0) is 4.79 Å². The maximum absolute atomic E-state index is 12.6. The zero-order valence-electron chi connectivity index (χ0n) is 13.3. The third kappa shape index (κ3) is 3.09. The van der Waals surface area contributed by atoms with Gasteiger partial charge in [0.25, 0.3) is 11.1 Å².